The number of aliphatic hydroxyl groups excluding tert-OH is 2. The van der Waals surface area contributed by atoms with Gasteiger partial charge in [0.2, 0.25) is 0 Å². The highest BCUT2D eigenvalue weighted by Gasteiger charge is 2.40. The molecule has 1 heterocycles. The van der Waals surface area contributed by atoms with Crippen molar-refractivity contribution in [3.05, 3.63) is 0 Å². The third kappa shape index (κ3) is 1.16. The fourth-order valence-electron chi connectivity index (χ4n) is 1.07. The summed E-state index contributed by atoms with van der Waals surface area (Å²) in [6.45, 7) is -0.327. The average Bonchev–Trinajstić information content (AvgIpc) is 2.17. The second-order valence-electron chi connectivity index (χ2n) is 2.50. The van der Waals surface area contributed by atoms with Crippen LogP contribution >= 0.6 is 0 Å². The molecule has 0 aromatic heterocycles. The molecule has 0 unspecified atom stereocenters. The third-order valence-electron chi connectivity index (χ3n) is 1.73. The SMILES string of the molecule is B[C@@H]1O[C@H](CO)[C@@H](O)[C@H]1F. The third-order valence-corrected chi connectivity index (χ3v) is 1.73. The summed E-state index contributed by atoms with van der Waals surface area (Å²) in [6, 6.07) is -0.604. The van der Waals surface area contributed by atoms with Gasteiger partial charge < -0.3 is 14.9 Å². The maximum Gasteiger partial charge on any atom is 0.147 e. The molecule has 58 valence electrons. The predicted octanol–water partition coefficient (Wildman–Crippen LogP) is -1.96. The van der Waals surface area contributed by atoms with Crippen LogP contribution in [0.4, 0.5) is 4.39 Å². The summed E-state index contributed by atoms with van der Waals surface area (Å²) in [5.74, 6) is 0. The van der Waals surface area contributed by atoms with E-state index in [4.69, 9.17) is 14.9 Å². The number of aliphatic hydroxyl groups is 2. The molecule has 1 fully saturated rings. The molecule has 10 heavy (non-hydrogen) atoms. The molecule has 0 amide bonds. The van der Waals surface area contributed by atoms with Crippen LogP contribution in [0.5, 0.6) is 0 Å². The molecule has 4 atom stereocenters. The summed E-state index contributed by atoms with van der Waals surface area (Å²) in [4.78, 5) is 0. The van der Waals surface area contributed by atoms with Crippen LogP contribution in [-0.4, -0.2) is 49.0 Å². The van der Waals surface area contributed by atoms with Gasteiger partial charge in [0.05, 0.1) is 12.6 Å². The van der Waals surface area contributed by atoms with E-state index >= 15 is 0 Å². The molecule has 5 heteroatoms. The van der Waals surface area contributed by atoms with Crippen LogP contribution in [0.15, 0.2) is 0 Å². The lowest BCUT2D eigenvalue weighted by Gasteiger charge is -2.09. The van der Waals surface area contributed by atoms with Gasteiger partial charge in [0.25, 0.3) is 0 Å². The minimum Gasteiger partial charge on any atom is -0.394 e. The highest BCUT2D eigenvalue weighted by molar-refractivity contribution is 6.11. The zero-order valence-electron chi connectivity index (χ0n) is 5.70. The van der Waals surface area contributed by atoms with Crippen molar-refractivity contribution in [2.24, 2.45) is 0 Å². The van der Waals surface area contributed by atoms with Gasteiger partial charge in [0, 0.05) is 0 Å². The van der Waals surface area contributed by atoms with Gasteiger partial charge in [-0.05, 0) is 0 Å². The fourth-order valence-corrected chi connectivity index (χ4v) is 1.07. The number of rotatable bonds is 1. The molecule has 1 aliphatic heterocycles. The van der Waals surface area contributed by atoms with Gasteiger partial charge in [0.1, 0.15) is 26.2 Å². The van der Waals surface area contributed by atoms with E-state index in [0.29, 0.717) is 0 Å². The zero-order chi connectivity index (χ0) is 7.72. The topological polar surface area (TPSA) is 49.7 Å². The Balaban J connectivity index is 2.53. The highest BCUT2D eigenvalue weighted by Crippen LogP contribution is 2.21. The number of hydrogen-bond donors (Lipinski definition) is 2. The first-order chi connectivity index (χ1) is 4.66. The van der Waals surface area contributed by atoms with Gasteiger partial charge in [-0.1, -0.05) is 0 Å². The summed E-state index contributed by atoms with van der Waals surface area (Å²) in [6.07, 6.45) is -3.28. The number of ether oxygens (including phenoxy) is 1. The Morgan fingerprint density at radius 1 is 1.60 bits per heavy atom. The minimum atomic E-state index is -1.36. The molecule has 0 radical (unpaired) electrons. The number of halogens is 1. The standard InChI is InChI=1S/C5H10BFO3/c6-5-3(7)4(9)2(1-8)10-5/h2-5,8-9H,1,6H2/t2-,3-,4-,5-/m1/s1. The van der Waals surface area contributed by atoms with Crippen molar-refractivity contribution in [2.75, 3.05) is 6.61 Å². The van der Waals surface area contributed by atoms with Crippen LogP contribution < -0.4 is 0 Å². The Labute approximate surface area is 59.2 Å². The molecular formula is C5H10BFO3. The van der Waals surface area contributed by atoms with Crippen molar-refractivity contribution in [2.45, 2.75) is 24.4 Å². The van der Waals surface area contributed by atoms with Crippen LogP contribution in [0, 0.1) is 0 Å². The molecule has 0 aliphatic carbocycles. The quantitative estimate of drug-likeness (QED) is 0.424. The minimum absolute atomic E-state index is 0.327. The largest absolute Gasteiger partial charge is 0.394 e. The molecule has 0 bridgehead atoms. The second-order valence-corrected chi connectivity index (χ2v) is 2.50. The van der Waals surface area contributed by atoms with Crippen molar-refractivity contribution >= 4 is 7.85 Å². The van der Waals surface area contributed by atoms with Crippen LogP contribution in [0.3, 0.4) is 0 Å². The maximum absolute atomic E-state index is 12.7. The van der Waals surface area contributed by atoms with Crippen molar-refractivity contribution in [1.29, 1.82) is 0 Å². The molecule has 0 saturated carbocycles. The Hall–Kier alpha value is -0.125. The lowest BCUT2D eigenvalue weighted by atomic mass is 9.94. The van der Waals surface area contributed by atoms with Crippen LogP contribution in [-0.2, 0) is 4.74 Å². The maximum atomic E-state index is 12.7. The summed E-state index contributed by atoms with van der Waals surface area (Å²) in [5, 5.41) is 17.5. The first kappa shape index (κ1) is 7.98. The van der Waals surface area contributed by atoms with Gasteiger partial charge in [0.15, 0.2) is 0 Å². The molecule has 0 aromatic rings. The Kier molecular flexibility index (Phi) is 2.28. The first-order valence-electron chi connectivity index (χ1n) is 3.25. The zero-order valence-corrected chi connectivity index (χ0v) is 5.70. The number of alkyl halides is 1. The Morgan fingerprint density at radius 2 is 2.20 bits per heavy atom. The van der Waals surface area contributed by atoms with Gasteiger partial charge in [-0.2, -0.15) is 0 Å². The van der Waals surface area contributed by atoms with Crippen molar-refractivity contribution < 1.29 is 19.3 Å². The van der Waals surface area contributed by atoms with Crippen molar-refractivity contribution in [1.82, 2.24) is 0 Å². The normalized spacial score (nSPS) is 47.9. The smallest absolute Gasteiger partial charge is 0.147 e. The molecular weight excluding hydrogens is 138 g/mol. The molecule has 0 aromatic carbocycles. The predicted molar refractivity (Wildman–Crippen MR) is 35.2 cm³/mol. The van der Waals surface area contributed by atoms with Crippen molar-refractivity contribution in [3.8, 4) is 0 Å². The molecule has 1 aliphatic rings. The summed E-state index contributed by atoms with van der Waals surface area (Å²) < 4.78 is 17.5. The summed E-state index contributed by atoms with van der Waals surface area (Å²) >= 11 is 0. The monoisotopic (exact) mass is 148 g/mol. The van der Waals surface area contributed by atoms with E-state index in [9.17, 15) is 4.39 Å². The van der Waals surface area contributed by atoms with E-state index in [-0.39, 0.29) is 6.61 Å². The van der Waals surface area contributed by atoms with E-state index in [1.165, 1.54) is 7.85 Å². The van der Waals surface area contributed by atoms with Crippen LogP contribution in [0.2, 0.25) is 0 Å². The average molecular weight is 148 g/mol. The first-order valence-corrected chi connectivity index (χ1v) is 3.25. The van der Waals surface area contributed by atoms with Crippen LogP contribution in [0.1, 0.15) is 0 Å². The van der Waals surface area contributed by atoms with E-state index in [2.05, 4.69) is 0 Å². The van der Waals surface area contributed by atoms with Gasteiger partial charge in [-0.25, -0.2) is 4.39 Å². The lowest BCUT2D eigenvalue weighted by Crippen LogP contribution is -2.30. The van der Waals surface area contributed by atoms with Crippen molar-refractivity contribution in [3.63, 3.8) is 0 Å². The van der Waals surface area contributed by atoms with Gasteiger partial charge in [-0.3, -0.25) is 0 Å². The Morgan fingerprint density at radius 3 is 2.40 bits per heavy atom. The number of hydrogen-bond acceptors (Lipinski definition) is 3. The molecule has 2 N–H and O–H groups in total. The highest BCUT2D eigenvalue weighted by atomic mass is 19.1. The molecule has 0 spiro atoms. The lowest BCUT2D eigenvalue weighted by molar-refractivity contribution is -0.00566. The van der Waals surface area contributed by atoms with E-state index < -0.39 is 24.4 Å². The van der Waals surface area contributed by atoms with Gasteiger partial charge in [-0.15, -0.1) is 0 Å². The van der Waals surface area contributed by atoms with E-state index in [1.54, 1.807) is 0 Å². The van der Waals surface area contributed by atoms with E-state index in [0.717, 1.165) is 0 Å². The van der Waals surface area contributed by atoms with Crippen LogP contribution in [0.25, 0.3) is 0 Å². The Bertz CT molecular complexity index is 123. The molecule has 1 saturated heterocycles. The second kappa shape index (κ2) is 2.86. The molecule has 1 rings (SSSR count). The fraction of sp³-hybridized carbons (Fsp3) is 1.00. The van der Waals surface area contributed by atoms with Gasteiger partial charge >= 0.3 is 0 Å². The van der Waals surface area contributed by atoms with E-state index in [1.807, 2.05) is 0 Å². The molecule has 3 nitrogen and oxygen atoms in total. The summed E-state index contributed by atoms with van der Waals surface area (Å²) in [7, 11) is 1.53. The summed E-state index contributed by atoms with van der Waals surface area (Å²) in [5.41, 5.74) is 0.